The van der Waals surface area contributed by atoms with Gasteiger partial charge in [0.15, 0.2) is 17.1 Å². The number of carbonyl (C=O) groups is 1. The number of carbonyl (C=O) groups excluding carboxylic acids is 1. The van der Waals surface area contributed by atoms with E-state index >= 15 is 0 Å². The van der Waals surface area contributed by atoms with Gasteiger partial charge in [-0.1, -0.05) is 0 Å². The molecule has 4 rings (SSSR count). The van der Waals surface area contributed by atoms with Gasteiger partial charge in [-0.25, -0.2) is 17.7 Å². The van der Waals surface area contributed by atoms with Gasteiger partial charge in [0.1, 0.15) is 17.3 Å². The summed E-state index contributed by atoms with van der Waals surface area (Å²) in [4.78, 5) is 14.5. The molecule has 1 N–H and O–H groups in total. The van der Waals surface area contributed by atoms with Crippen LogP contribution >= 0.6 is 0 Å². The van der Waals surface area contributed by atoms with Crippen molar-refractivity contribution in [1.29, 1.82) is 0 Å². The van der Waals surface area contributed by atoms with E-state index in [2.05, 4.69) is 4.85 Å². The molecule has 1 unspecified atom stereocenters. The van der Waals surface area contributed by atoms with Crippen LogP contribution in [0.15, 0.2) is 35.2 Å². The van der Waals surface area contributed by atoms with E-state index in [1.807, 2.05) is 0 Å². The molecule has 6 nitrogen and oxygen atoms in total. The lowest BCUT2D eigenvalue weighted by atomic mass is 9.96. The minimum Gasteiger partial charge on any atom is -0.458 e. The van der Waals surface area contributed by atoms with E-state index in [4.69, 9.17) is 11.3 Å². The van der Waals surface area contributed by atoms with E-state index in [0.717, 1.165) is 30.3 Å². The molecule has 1 atom stereocenters. The number of sulfone groups is 1. The first-order valence-corrected chi connectivity index (χ1v) is 8.92. The minimum absolute atomic E-state index is 0.0977. The summed E-state index contributed by atoms with van der Waals surface area (Å²) in [5, 5.41) is 5.78. The SMILES string of the molecule is [C-]#[N+]c1cc(F)cc(Oc2ccc3c4c2C(=O)CC4(O)C(F)(F)S3(=O)=O)c1. The summed E-state index contributed by atoms with van der Waals surface area (Å²) in [6.07, 6.45) is -1.13. The zero-order chi connectivity index (χ0) is 19.8. The van der Waals surface area contributed by atoms with Gasteiger partial charge in [-0.2, -0.15) is 8.78 Å². The number of nitrogens with zero attached hydrogens (tertiary/aromatic N) is 1. The first-order chi connectivity index (χ1) is 12.5. The monoisotopic (exact) mass is 395 g/mol. The van der Waals surface area contributed by atoms with Crippen molar-refractivity contribution in [1.82, 2.24) is 0 Å². The van der Waals surface area contributed by atoms with Crippen LogP contribution in [-0.4, -0.2) is 24.6 Å². The molecule has 2 aliphatic rings. The first kappa shape index (κ1) is 17.5. The van der Waals surface area contributed by atoms with Crippen molar-refractivity contribution < 1.29 is 36.2 Å². The summed E-state index contributed by atoms with van der Waals surface area (Å²) in [5.41, 5.74) is -4.49. The first-order valence-electron chi connectivity index (χ1n) is 7.44. The third-order valence-corrected chi connectivity index (χ3v) is 6.49. The summed E-state index contributed by atoms with van der Waals surface area (Å²) < 4.78 is 71.8. The second-order valence-corrected chi connectivity index (χ2v) is 8.11. The summed E-state index contributed by atoms with van der Waals surface area (Å²) in [5.74, 6) is -2.23. The zero-order valence-corrected chi connectivity index (χ0v) is 14.0. The number of halogens is 3. The zero-order valence-electron chi connectivity index (χ0n) is 13.2. The Hall–Kier alpha value is -2.90. The topological polar surface area (TPSA) is 85.0 Å². The molecule has 2 aromatic rings. The summed E-state index contributed by atoms with van der Waals surface area (Å²) >= 11 is 0. The molecule has 1 aliphatic heterocycles. The molecule has 1 heterocycles. The highest BCUT2D eigenvalue weighted by molar-refractivity contribution is 7.93. The molecule has 0 amide bonds. The third-order valence-electron chi connectivity index (χ3n) is 4.56. The molecule has 0 saturated heterocycles. The summed E-state index contributed by atoms with van der Waals surface area (Å²) in [7, 11) is -5.18. The molecular formula is C17H8F3NO5S. The molecule has 0 radical (unpaired) electrons. The van der Waals surface area contributed by atoms with Crippen LogP contribution in [0.25, 0.3) is 4.85 Å². The Morgan fingerprint density at radius 1 is 1.22 bits per heavy atom. The van der Waals surface area contributed by atoms with E-state index in [1.165, 1.54) is 0 Å². The fourth-order valence-corrected chi connectivity index (χ4v) is 5.06. The van der Waals surface area contributed by atoms with E-state index in [-0.39, 0.29) is 17.2 Å². The Kier molecular flexibility index (Phi) is 3.30. The molecule has 0 saturated carbocycles. The smallest absolute Gasteiger partial charge is 0.382 e. The third kappa shape index (κ3) is 2.03. The normalized spacial score (nSPS) is 23.7. The Labute approximate surface area is 150 Å². The van der Waals surface area contributed by atoms with Crippen LogP contribution in [0, 0.1) is 12.4 Å². The lowest BCUT2D eigenvalue weighted by molar-refractivity contribution is -0.121. The number of ether oxygens (including phenoxy) is 1. The molecule has 0 aromatic heterocycles. The van der Waals surface area contributed by atoms with Crippen molar-refractivity contribution in [3.05, 3.63) is 58.7 Å². The maximum Gasteiger partial charge on any atom is 0.382 e. The van der Waals surface area contributed by atoms with Crippen molar-refractivity contribution in [3.8, 4) is 11.5 Å². The molecule has 138 valence electrons. The largest absolute Gasteiger partial charge is 0.458 e. The number of Topliss-reactive ketones (excluding diaryl/α,β-unsaturated/α-hetero) is 1. The number of hydrogen-bond donors (Lipinski definition) is 1. The Morgan fingerprint density at radius 2 is 1.93 bits per heavy atom. The van der Waals surface area contributed by atoms with Gasteiger partial charge in [0.05, 0.1) is 23.5 Å². The van der Waals surface area contributed by atoms with E-state index in [9.17, 15) is 31.5 Å². The fraction of sp³-hybridized carbons (Fsp3) is 0.176. The van der Waals surface area contributed by atoms with Gasteiger partial charge in [0, 0.05) is 11.6 Å². The predicted molar refractivity (Wildman–Crippen MR) is 84.2 cm³/mol. The number of ketones is 1. The van der Waals surface area contributed by atoms with Gasteiger partial charge in [0.25, 0.3) is 0 Å². The van der Waals surface area contributed by atoms with E-state index < -0.39 is 54.7 Å². The number of benzene rings is 2. The highest BCUT2D eigenvalue weighted by atomic mass is 32.2. The Morgan fingerprint density at radius 3 is 2.59 bits per heavy atom. The minimum atomic E-state index is -5.18. The lowest BCUT2D eigenvalue weighted by Crippen LogP contribution is -2.44. The standard InChI is InChI=1S/C17H8F3NO5S/c1-21-9-4-8(18)5-10(6-9)26-12-2-3-13-15-14(12)11(22)7-16(15,23)17(19,20)27(13,24)25/h2-6,23H,7H2. The molecule has 2 aromatic carbocycles. The predicted octanol–water partition coefficient (Wildman–Crippen LogP) is 3.32. The molecule has 0 fully saturated rings. The van der Waals surface area contributed by atoms with Gasteiger partial charge in [-0.05, 0) is 24.3 Å². The lowest BCUT2D eigenvalue weighted by Gasteiger charge is -2.24. The van der Waals surface area contributed by atoms with Crippen molar-refractivity contribution >= 4 is 21.3 Å². The number of aliphatic hydroxyl groups is 1. The second kappa shape index (κ2) is 5.09. The molecule has 0 bridgehead atoms. The van der Waals surface area contributed by atoms with Crippen LogP contribution in [0.3, 0.4) is 0 Å². The fourth-order valence-electron chi connectivity index (χ4n) is 3.38. The van der Waals surface area contributed by atoms with Gasteiger partial charge in [0.2, 0.25) is 9.84 Å². The Bertz CT molecular complexity index is 1190. The second-order valence-electron chi connectivity index (χ2n) is 6.15. The van der Waals surface area contributed by atoms with Gasteiger partial charge >= 0.3 is 5.25 Å². The Balaban J connectivity index is 1.93. The molecule has 10 heteroatoms. The van der Waals surface area contributed by atoms with Crippen LogP contribution in [-0.2, 0) is 15.4 Å². The van der Waals surface area contributed by atoms with Crippen LogP contribution < -0.4 is 4.74 Å². The number of rotatable bonds is 2. The average Bonchev–Trinajstić information content (AvgIpc) is 2.92. The highest BCUT2D eigenvalue weighted by Gasteiger charge is 2.74. The maximum atomic E-state index is 14.4. The summed E-state index contributed by atoms with van der Waals surface area (Å²) in [6, 6.07) is 4.80. The van der Waals surface area contributed by atoms with Crippen molar-refractivity contribution in [3.63, 3.8) is 0 Å². The molecule has 0 spiro atoms. The van der Waals surface area contributed by atoms with E-state index in [1.54, 1.807) is 0 Å². The van der Waals surface area contributed by atoms with Gasteiger partial charge in [-0.3, -0.25) is 4.79 Å². The van der Waals surface area contributed by atoms with Crippen LogP contribution in [0.2, 0.25) is 0 Å². The average molecular weight is 395 g/mol. The van der Waals surface area contributed by atoms with Gasteiger partial charge < -0.3 is 9.84 Å². The summed E-state index contributed by atoms with van der Waals surface area (Å²) in [6.45, 7) is 6.91. The molecule has 1 aliphatic carbocycles. The van der Waals surface area contributed by atoms with Crippen LogP contribution in [0.1, 0.15) is 22.3 Å². The number of alkyl halides is 2. The molecule has 27 heavy (non-hydrogen) atoms. The maximum absolute atomic E-state index is 14.4. The van der Waals surface area contributed by atoms with Crippen LogP contribution in [0.5, 0.6) is 11.5 Å². The van der Waals surface area contributed by atoms with Crippen molar-refractivity contribution in [2.24, 2.45) is 0 Å². The van der Waals surface area contributed by atoms with Crippen molar-refractivity contribution in [2.75, 3.05) is 0 Å². The molecular weight excluding hydrogens is 387 g/mol. The number of hydrogen-bond acceptors (Lipinski definition) is 5. The highest BCUT2D eigenvalue weighted by Crippen LogP contribution is 2.60. The van der Waals surface area contributed by atoms with Gasteiger partial charge in [-0.15, -0.1) is 0 Å². The van der Waals surface area contributed by atoms with Crippen molar-refractivity contribution in [2.45, 2.75) is 22.2 Å². The van der Waals surface area contributed by atoms with E-state index in [0.29, 0.717) is 0 Å². The van der Waals surface area contributed by atoms with Crippen LogP contribution in [0.4, 0.5) is 18.9 Å². The quantitative estimate of drug-likeness (QED) is 0.789.